The van der Waals surface area contributed by atoms with Gasteiger partial charge in [-0.1, -0.05) is 43.5 Å². The highest BCUT2D eigenvalue weighted by atomic mass is 35.5. The Labute approximate surface area is 122 Å². The summed E-state index contributed by atoms with van der Waals surface area (Å²) in [6.45, 7) is 5.00. The predicted molar refractivity (Wildman–Crippen MR) is 82.9 cm³/mol. The Morgan fingerprint density at radius 1 is 1.37 bits per heavy atom. The number of nitrogens with one attached hydrogen (secondary N) is 1. The lowest BCUT2D eigenvalue weighted by atomic mass is 9.94. The molecule has 1 atom stereocenters. The molecule has 0 saturated carbocycles. The molecule has 0 bridgehead atoms. The molecule has 0 radical (unpaired) electrons. The van der Waals surface area contributed by atoms with Gasteiger partial charge in [-0.3, -0.25) is 0 Å². The predicted octanol–water partition coefficient (Wildman–Crippen LogP) is 3.92. The molecule has 1 aromatic rings. The number of rotatable bonds is 10. The minimum Gasteiger partial charge on any atom is -0.383 e. The third-order valence-electron chi connectivity index (χ3n) is 3.30. The average Bonchev–Trinajstić information content (AvgIpc) is 2.40. The lowest BCUT2D eigenvalue weighted by Crippen LogP contribution is -2.27. The molecular formula is C16H26ClNO. The summed E-state index contributed by atoms with van der Waals surface area (Å²) in [6.07, 6.45) is 4.91. The molecule has 0 aliphatic rings. The Bertz CT molecular complexity index is 343. The zero-order valence-corrected chi connectivity index (χ0v) is 12.9. The van der Waals surface area contributed by atoms with Crippen LogP contribution in [0.3, 0.4) is 0 Å². The Morgan fingerprint density at radius 2 is 2.21 bits per heavy atom. The number of hydrogen-bond acceptors (Lipinski definition) is 2. The molecule has 1 rings (SSSR count). The fourth-order valence-corrected chi connectivity index (χ4v) is 2.46. The monoisotopic (exact) mass is 283 g/mol. The Balaban J connectivity index is 2.43. The third-order valence-corrected chi connectivity index (χ3v) is 3.53. The van der Waals surface area contributed by atoms with Gasteiger partial charge < -0.3 is 10.1 Å². The van der Waals surface area contributed by atoms with Gasteiger partial charge in [0.25, 0.3) is 0 Å². The van der Waals surface area contributed by atoms with Crippen LogP contribution in [0.1, 0.15) is 31.7 Å². The van der Waals surface area contributed by atoms with Gasteiger partial charge in [0.05, 0.1) is 6.61 Å². The first-order valence-electron chi connectivity index (χ1n) is 7.20. The molecule has 0 heterocycles. The lowest BCUT2D eigenvalue weighted by molar-refractivity contribution is 0.197. The molecule has 0 aliphatic carbocycles. The number of unbranched alkanes of at least 4 members (excludes halogenated alkanes) is 1. The van der Waals surface area contributed by atoms with Crippen LogP contribution in [0.5, 0.6) is 0 Å². The summed E-state index contributed by atoms with van der Waals surface area (Å²) in [7, 11) is 1.74. The van der Waals surface area contributed by atoms with Crippen LogP contribution in [-0.4, -0.2) is 26.8 Å². The number of hydrogen-bond donors (Lipinski definition) is 1. The summed E-state index contributed by atoms with van der Waals surface area (Å²) in [5.74, 6) is 0.676. The highest BCUT2D eigenvalue weighted by Gasteiger charge is 2.09. The molecule has 0 spiro atoms. The van der Waals surface area contributed by atoms with Gasteiger partial charge in [0.1, 0.15) is 0 Å². The Hall–Kier alpha value is -0.570. The average molecular weight is 284 g/mol. The molecule has 0 aromatic heterocycles. The van der Waals surface area contributed by atoms with Gasteiger partial charge in [0.15, 0.2) is 0 Å². The molecular weight excluding hydrogens is 258 g/mol. The first kappa shape index (κ1) is 16.5. The van der Waals surface area contributed by atoms with Crippen molar-refractivity contribution >= 4 is 11.6 Å². The fraction of sp³-hybridized carbons (Fsp3) is 0.625. The zero-order chi connectivity index (χ0) is 13.9. The Morgan fingerprint density at radius 3 is 2.89 bits per heavy atom. The van der Waals surface area contributed by atoms with E-state index in [1.807, 2.05) is 12.1 Å². The molecule has 0 amide bonds. The van der Waals surface area contributed by atoms with E-state index in [-0.39, 0.29) is 0 Å². The van der Waals surface area contributed by atoms with E-state index in [9.17, 15) is 0 Å². The van der Waals surface area contributed by atoms with E-state index in [2.05, 4.69) is 24.4 Å². The standard InChI is InChI=1S/C16H26ClNO/c1-3-4-6-15(13-18-9-10-19-2)11-14-7-5-8-16(17)12-14/h5,7-8,12,15,18H,3-4,6,9-11,13H2,1-2H3. The minimum absolute atomic E-state index is 0.676. The van der Waals surface area contributed by atoms with Crippen molar-refractivity contribution in [1.29, 1.82) is 0 Å². The van der Waals surface area contributed by atoms with Crippen LogP contribution in [0.15, 0.2) is 24.3 Å². The van der Waals surface area contributed by atoms with Gasteiger partial charge in [-0.15, -0.1) is 0 Å². The molecule has 19 heavy (non-hydrogen) atoms. The van der Waals surface area contributed by atoms with Crippen LogP contribution in [0.4, 0.5) is 0 Å². The third kappa shape index (κ3) is 7.56. The molecule has 3 heteroatoms. The van der Waals surface area contributed by atoms with Crippen LogP contribution in [0, 0.1) is 5.92 Å². The largest absolute Gasteiger partial charge is 0.383 e. The maximum atomic E-state index is 6.05. The van der Waals surface area contributed by atoms with E-state index in [0.717, 1.165) is 31.1 Å². The number of methoxy groups -OCH3 is 1. The van der Waals surface area contributed by atoms with E-state index in [4.69, 9.17) is 16.3 Å². The van der Waals surface area contributed by atoms with Crippen LogP contribution < -0.4 is 5.32 Å². The summed E-state index contributed by atoms with van der Waals surface area (Å²) in [6, 6.07) is 8.21. The van der Waals surface area contributed by atoms with Crippen LogP contribution in [0.25, 0.3) is 0 Å². The van der Waals surface area contributed by atoms with Crippen LogP contribution >= 0.6 is 11.6 Å². The van der Waals surface area contributed by atoms with Crippen molar-refractivity contribution in [2.75, 3.05) is 26.8 Å². The first-order chi connectivity index (χ1) is 9.26. The molecule has 108 valence electrons. The van der Waals surface area contributed by atoms with Gasteiger partial charge >= 0.3 is 0 Å². The zero-order valence-electron chi connectivity index (χ0n) is 12.1. The van der Waals surface area contributed by atoms with Crippen LogP contribution in [0.2, 0.25) is 5.02 Å². The second-order valence-corrected chi connectivity index (χ2v) is 5.48. The Kier molecular flexibility index (Phi) is 8.89. The molecule has 1 unspecified atom stereocenters. The molecule has 1 N–H and O–H groups in total. The van der Waals surface area contributed by atoms with Crippen molar-refractivity contribution in [1.82, 2.24) is 5.32 Å². The van der Waals surface area contributed by atoms with E-state index < -0.39 is 0 Å². The normalized spacial score (nSPS) is 12.6. The number of halogens is 1. The second kappa shape index (κ2) is 10.2. The summed E-state index contributed by atoms with van der Waals surface area (Å²) in [4.78, 5) is 0. The fourth-order valence-electron chi connectivity index (χ4n) is 2.25. The van der Waals surface area contributed by atoms with E-state index in [1.54, 1.807) is 7.11 Å². The summed E-state index contributed by atoms with van der Waals surface area (Å²) < 4.78 is 5.06. The molecule has 0 fully saturated rings. The van der Waals surface area contributed by atoms with Gasteiger partial charge in [-0.2, -0.15) is 0 Å². The second-order valence-electron chi connectivity index (χ2n) is 5.04. The van der Waals surface area contributed by atoms with Crippen molar-refractivity contribution < 1.29 is 4.74 Å². The van der Waals surface area contributed by atoms with Crippen molar-refractivity contribution in [3.8, 4) is 0 Å². The first-order valence-corrected chi connectivity index (χ1v) is 7.58. The molecule has 0 saturated heterocycles. The van der Waals surface area contributed by atoms with Gasteiger partial charge in [-0.05, 0) is 43.0 Å². The maximum Gasteiger partial charge on any atom is 0.0587 e. The van der Waals surface area contributed by atoms with Gasteiger partial charge in [-0.25, -0.2) is 0 Å². The van der Waals surface area contributed by atoms with Gasteiger partial charge in [0, 0.05) is 18.7 Å². The van der Waals surface area contributed by atoms with Gasteiger partial charge in [0.2, 0.25) is 0 Å². The quantitative estimate of drug-likeness (QED) is 0.657. The molecule has 1 aromatic carbocycles. The van der Waals surface area contributed by atoms with E-state index in [1.165, 1.54) is 24.8 Å². The van der Waals surface area contributed by atoms with Crippen molar-refractivity contribution in [2.24, 2.45) is 5.92 Å². The van der Waals surface area contributed by atoms with E-state index in [0.29, 0.717) is 5.92 Å². The smallest absolute Gasteiger partial charge is 0.0587 e. The number of benzene rings is 1. The molecule has 2 nitrogen and oxygen atoms in total. The summed E-state index contributed by atoms with van der Waals surface area (Å²) in [5.41, 5.74) is 1.34. The minimum atomic E-state index is 0.676. The van der Waals surface area contributed by atoms with Crippen molar-refractivity contribution in [2.45, 2.75) is 32.6 Å². The van der Waals surface area contributed by atoms with Crippen molar-refractivity contribution in [3.63, 3.8) is 0 Å². The lowest BCUT2D eigenvalue weighted by Gasteiger charge is -2.17. The molecule has 0 aliphatic heterocycles. The summed E-state index contributed by atoms with van der Waals surface area (Å²) >= 11 is 6.05. The summed E-state index contributed by atoms with van der Waals surface area (Å²) in [5, 5.41) is 4.30. The topological polar surface area (TPSA) is 21.3 Å². The maximum absolute atomic E-state index is 6.05. The number of ether oxygens (including phenoxy) is 1. The van der Waals surface area contributed by atoms with E-state index >= 15 is 0 Å². The van der Waals surface area contributed by atoms with Crippen LogP contribution in [-0.2, 0) is 11.2 Å². The highest BCUT2D eigenvalue weighted by molar-refractivity contribution is 6.30. The SMILES string of the molecule is CCCCC(CNCCOC)Cc1cccc(Cl)c1. The van der Waals surface area contributed by atoms with Crippen molar-refractivity contribution in [3.05, 3.63) is 34.9 Å². The highest BCUT2D eigenvalue weighted by Crippen LogP contribution is 2.18.